The monoisotopic (exact) mass is 239 g/mol. The van der Waals surface area contributed by atoms with E-state index in [1.807, 2.05) is 19.2 Å². The van der Waals surface area contributed by atoms with Crippen LogP contribution in [0.3, 0.4) is 0 Å². The van der Waals surface area contributed by atoms with Gasteiger partial charge in [0.1, 0.15) is 0 Å². The molecule has 3 N–H and O–H groups in total. The molecule has 0 radical (unpaired) electrons. The summed E-state index contributed by atoms with van der Waals surface area (Å²) in [6.07, 6.45) is 2.36. The molecule has 1 aromatic rings. The first-order chi connectivity index (χ1) is 7.58. The average molecular weight is 239 g/mol. The first-order valence-electron chi connectivity index (χ1n) is 5.60. The molecule has 0 aromatic carbocycles. The molecule has 1 heterocycles. The lowest BCUT2D eigenvalue weighted by molar-refractivity contribution is -0.119. The van der Waals surface area contributed by atoms with Crippen LogP contribution in [0.1, 0.15) is 38.4 Å². The van der Waals surface area contributed by atoms with Crippen molar-refractivity contribution in [1.82, 2.24) is 4.98 Å². The van der Waals surface area contributed by atoms with Crippen LogP contribution >= 0.6 is 11.3 Å². The Balaban J connectivity index is 1.94. The van der Waals surface area contributed by atoms with Gasteiger partial charge in [-0.2, -0.15) is 0 Å². The lowest BCUT2D eigenvalue weighted by atomic mass is 10.1. The fraction of sp³-hybridized carbons (Fsp3) is 0.636. The van der Waals surface area contributed by atoms with Crippen LogP contribution in [0.5, 0.6) is 0 Å². The number of thiazole rings is 1. The maximum atomic E-state index is 11.8. The van der Waals surface area contributed by atoms with Gasteiger partial charge in [0.05, 0.1) is 5.69 Å². The van der Waals surface area contributed by atoms with Gasteiger partial charge in [-0.1, -0.05) is 6.92 Å². The van der Waals surface area contributed by atoms with Gasteiger partial charge in [0.25, 0.3) is 0 Å². The highest BCUT2D eigenvalue weighted by atomic mass is 32.1. The molecule has 0 bridgehead atoms. The third-order valence-corrected chi connectivity index (χ3v) is 3.74. The highest BCUT2D eigenvalue weighted by molar-refractivity contribution is 7.13. The van der Waals surface area contributed by atoms with Gasteiger partial charge < -0.3 is 11.1 Å². The molecule has 1 aromatic heterocycles. The highest BCUT2D eigenvalue weighted by Gasteiger charge is 2.32. The predicted molar refractivity (Wildman–Crippen MR) is 65.2 cm³/mol. The van der Waals surface area contributed by atoms with Crippen LogP contribution in [0.2, 0.25) is 0 Å². The molecule has 2 atom stereocenters. The average Bonchev–Trinajstić information content (AvgIpc) is 2.97. The van der Waals surface area contributed by atoms with E-state index in [-0.39, 0.29) is 17.9 Å². The fourth-order valence-corrected chi connectivity index (χ4v) is 2.40. The Hall–Kier alpha value is -0.940. The van der Waals surface area contributed by atoms with Gasteiger partial charge in [-0.25, -0.2) is 4.98 Å². The molecule has 1 fully saturated rings. The molecule has 5 heteroatoms. The number of anilines is 1. The van der Waals surface area contributed by atoms with Crippen molar-refractivity contribution in [3.8, 4) is 0 Å². The molecular formula is C11H17N3OS. The molecule has 0 saturated heterocycles. The second-order valence-corrected chi connectivity index (χ2v) is 5.34. The van der Waals surface area contributed by atoms with E-state index in [1.54, 1.807) is 0 Å². The number of carbonyl (C=O) groups is 1. The van der Waals surface area contributed by atoms with Gasteiger partial charge in [0.2, 0.25) is 5.91 Å². The standard InChI is InChI=1S/C11H17N3OS/c1-6(8-3-4-8)10(15)14-11-13-9(5-16-11)7(2)12/h5-8H,3-4,12H2,1-2H3,(H,13,14,15). The fourth-order valence-electron chi connectivity index (χ4n) is 1.58. The topological polar surface area (TPSA) is 68.0 Å². The van der Waals surface area contributed by atoms with E-state index in [0.717, 1.165) is 5.69 Å². The number of nitrogens with one attached hydrogen (secondary N) is 1. The number of nitrogens with two attached hydrogens (primary N) is 1. The number of hydrogen-bond donors (Lipinski definition) is 2. The van der Waals surface area contributed by atoms with Crippen molar-refractivity contribution in [3.05, 3.63) is 11.1 Å². The summed E-state index contributed by atoms with van der Waals surface area (Å²) < 4.78 is 0. The molecule has 88 valence electrons. The van der Waals surface area contributed by atoms with Crippen LogP contribution in [0.25, 0.3) is 0 Å². The van der Waals surface area contributed by atoms with E-state index in [1.165, 1.54) is 24.2 Å². The predicted octanol–water partition coefficient (Wildman–Crippen LogP) is 2.15. The summed E-state index contributed by atoms with van der Waals surface area (Å²) in [6.45, 7) is 3.86. The second-order valence-electron chi connectivity index (χ2n) is 4.48. The smallest absolute Gasteiger partial charge is 0.229 e. The Morgan fingerprint density at radius 1 is 1.62 bits per heavy atom. The lowest BCUT2D eigenvalue weighted by Gasteiger charge is -2.08. The van der Waals surface area contributed by atoms with Crippen molar-refractivity contribution < 1.29 is 4.79 Å². The van der Waals surface area contributed by atoms with Crippen LogP contribution in [0.15, 0.2) is 5.38 Å². The summed E-state index contributed by atoms with van der Waals surface area (Å²) in [5.74, 6) is 0.753. The van der Waals surface area contributed by atoms with E-state index in [0.29, 0.717) is 11.0 Å². The Kier molecular flexibility index (Phi) is 3.25. The molecule has 1 saturated carbocycles. The van der Waals surface area contributed by atoms with Crippen molar-refractivity contribution in [3.63, 3.8) is 0 Å². The van der Waals surface area contributed by atoms with Crippen molar-refractivity contribution in [2.45, 2.75) is 32.7 Å². The molecule has 0 spiro atoms. The number of rotatable bonds is 4. The third kappa shape index (κ3) is 2.59. The number of hydrogen-bond acceptors (Lipinski definition) is 4. The summed E-state index contributed by atoms with van der Waals surface area (Å²) >= 11 is 1.43. The van der Waals surface area contributed by atoms with E-state index in [9.17, 15) is 4.79 Å². The zero-order valence-electron chi connectivity index (χ0n) is 9.56. The van der Waals surface area contributed by atoms with E-state index in [4.69, 9.17) is 5.73 Å². The highest BCUT2D eigenvalue weighted by Crippen LogP contribution is 2.37. The molecule has 1 aliphatic carbocycles. The van der Waals surface area contributed by atoms with Crippen LogP contribution in [0, 0.1) is 11.8 Å². The van der Waals surface area contributed by atoms with E-state index in [2.05, 4.69) is 10.3 Å². The van der Waals surface area contributed by atoms with Gasteiger partial charge in [-0.15, -0.1) is 11.3 Å². The van der Waals surface area contributed by atoms with Crippen molar-refractivity contribution in [1.29, 1.82) is 0 Å². The van der Waals surface area contributed by atoms with Crippen molar-refractivity contribution in [2.75, 3.05) is 5.32 Å². The molecule has 2 rings (SSSR count). The van der Waals surface area contributed by atoms with Gasteiger partial charge in [0, 0.05) is 17.3 Å². The number of amides is 1. The largest absolute Gasteiger partial charge is 0.323 e. The summed E-state index contributed by atoms with van der Waals surface area (Å²) in [7, 11) is 0. The van der Waals surface area contributed by atoms with E-state index >= 15 is 0 Å². The van der Waals surface area contributed by atoms with Gasteiger partial charge in [-0.05, 0) is 25.7 Å². The molecule has 0 aliphatic heterocycles. The first kappa shape index (κ1) is 11.5. The number of aromatic nitrogens is 1. The van der Waals surface area contributed by atoms with Crippen LogP contribution in [-0.2, 0) is 4.79 Å². The zero-order valence-corrected chi connectivity index (χ0v) is 10.4. The van der Waals surface area contributed by atoms with Gasteiger partial charge in [-0.3, -0.25) is 4.79 Å². The molecule has 4 nitrogen and oxygen atoms in total. The molecular weight excluding hydrogens is 222 g/mol. The summed E-state index contributed by atoms with van der Waals surface area (Å²) in [5, 5.41) is 5.40. The number of nitrogens with zero attached hydrogens (tertiary/aromatic N) is 1. The van der Waals surface area contributed by atoms with Crippen LogP contribution in [-0.4, -0.2) is 10.9 Å². The molecule has 1 aliphatic rings. The van der Waals surface area contributed by atoms with Crippen molar-refractivity contribution in [2.24, 2.45) is 17.6 Å². The summed E-state index contributed by atoms with van der Waals surface area (Å²) in [4.78, 5) is 16.1. The second kappa shape index (κ2) is 4.51. The Morgan fingerprint density at radius 2 is 2.31 bits per heavy atom. The SMILES string of the molecule is CC(N)c1csc(NC(=O)C(C)C2CC2)n1. The minimum Gasteiger partial charge on any atom is -0.323 e. The first-order valence-corrected chi connectivity index (χ1v) is 6.47. The molecule has 16 heavy (non-hydrogen) atoms. The minimum atomic E-state index is -0.0808. The van der Waals surface area contributed by atoms with Crippen LogP contribution in [0.4, 0.5) is 5.13 Å². The Morgan fingerprint density at radius 3 is 2.81 bits per heavy atom. The van der Waals surface area contributed by atoms with Gasteiger partial charge in [0.15, 0.2) is 5.13 Å². The lowest BCUT2D eigenvalue weighted by Crippen LogP contribution is -2.21. The number of carbonyl (C=O) groups excluding carboxylic acids is 1. The third-order valence-electron chi connectivity index (χ3n) is 2.96. The van der Waals surface area contributed by atoms with E-state index < -0.39 is 0 Å². The normalized spacial score (nSPS) is 19.2. The van der Waals surface area contributed by atoms with Crippen LogP contribution < -0.4 is 11.1 Å². The quantitative estimate of drug-likeness (QED) is 0.846. The Labute approximate surface area is 99.3 Å². The summed E-state index contributed by atoms with van der Waals surface area (Å²) in [6, 6.07) is -0.0808. The maximum Gasteiger partial charge on any atom is 0.229 e. The summed E-state index contributed by atoms with van der Waals surface area (Å²) in [5.41, 5.74) is 6.54. The minimum absolute atomic E-state index is 0.0769. The zero-order chi connectivity index (χ0) is 11.7. The maximum absolute atomic E-state index is 11.8. The Bertz CT molecular complexity index is 384. The molecule has 1 amide bonds. The molecule has 2 unspecified atom stereocenters. The van der Waals surface area contributed by atoms with Gasteiger partial charge >= 0.3 is 0 Å². The van der Waals surface area contributed by atoms with Crippen molar-refractivity contribution >= 4 is 22.4 Å².